The maximum atomic E-state index is 13.6. The quantitative estimate of drug-likeness (QED) is 0.255. The molecular formula is C31H43FN4O6S. The molecule has 1 aliphatic rings. The molecule has 236 valence electrons. The first-order chi connectivity index (χ1) is 20.0. The van der Waals surface area contributed by atoms with Crippen LogP contribution in [0.25, 0.3) is 0 Å². The van der Waals surface area contributed by atoms with Gasteiger partial charge in [-0.15, -0.1) is 0 Å². The highest BCUT2D eigenvalue weighted by atomic mass is 32.2. The minimum Gasteiger partial charge on any atom is -0.391 e. The van der Waals surface area contributed by atoms with E-state index in [4.69, 9.17) is 0 Å². The molecule has 1 fully saturated rings. The fourth-order valence-electron chi connectivity index (χ4n) is 4.64. The molecule has 4 atom stereocenters. The van der Waals surface area contributed by atoms with Gasteiger partial charge in [0, 0.05) is 30.1 Å². The average Bonchev–Trinajstić information content (AvgIpc) is 3.75. The van der Waals surface area contributed by atoms with E-state index in [0.29, 0.717) is 12.0 Å². The lowest BCUT2D eigenvalue weighted by Crippen LogP contribution is -2.46. The third kappa shape index (κ3) is 10.0. The van der Waals surface area contributed by atoms with Crippen molar-refractivity contribution in [2.75, 3.05) is 17.6 Å². The SMILES string of the molecule is CC(C)C[C@H](NC(=O)c1cc(C(=O)N[C@H](C)c2ccc(F)cc2)cc(N(C)S(C)(=O)=O)c1)[C@@H](O)C[C@@H](C)C(=O)NC1CC1. The Morgan fingerprint density at radius 2 is 1.51 bits per heavy atom. The summed E-state index contributed by atoms with van der Waals surface area (Å²) in [6.07, 6.45) is 2.45. The Labute approximate surface area is 253 Å². The molecule has 2 aromatic carbocycles. The van der Waals surface area contributed by atoms with E-state index < -0.39 is 51.8 Å². The molecule has 10 nitrogen and oxygen atoms in total. The van der Waals surface area contributed by atoms with Gasteiger partial charge >= 0.3 is 0 Å². The lowest BCUT2D eigenvalue weighted by atomic mass is 9.92. The number of carbonyl (C=O) groups excluding carboxylic acids is 3. The van der Waals surface area contributed by atoms with Crippen LogP contribution >= 0.6 is 0 Å². The summed E-state index contributed by atoms with van der Waals surface area (Å²) in [4.78, 5) is 39.3. The molecule has 0 saturated heterocycles. The number of amides is 3. The Balaban J connectivity index is 1.86. The molecule has 3 amide bonds. The van der Waals surface area contributed by atoms with E-state index in [9.17, 15) is 32.3 Å². The van der Waals surface area contributed by atoms with Crippen LogP contribution in [0.5, 0.6) is 0 Å². The third-order valence-electron chi connectivity index (χ3n) is 7.49. The predicted molar refractivity (Wildman–Crippen MR) is 164 cm³/mol. The number of aliphatic hydroxyl groups is 1. The second-order valence-corrected chi connectivity index (χ2v) is 14.0. The number of hydrogen-bond acceptors (Lipinski definition) is 6. The van der Waals surface area contributed by atoms with Gasteiger partial charge in [0.25, 0.3) is 11.8 Å². The number of carbonyl (C=O) groups is 3. The number of nitrogens with one attached hydrogen (secondary N) is 3. The first-order valence-corrected chi connectivity index (χ1v) is 16.3. The van der Waals surface area contributed by atoms with E-state index in [1.54, 1.807) is 26.0 Å². The number of hydrogen-bond donors (Lipinski definition) is 4. The molecule has 4 N–H and O–H groups in total. The van der Waals surface area contributed by atoms with E-state index in [1.165, 1.54) is 37.4 Å². The van der Waals surface area contributed by atoms with E-state index in [2.05, 4.69) is 16.0 Å². The highest BCUT2D eigenvalue weighted by Crippen LogP contribution is 2.24. The number of nitrogens with zero attached hydrogens (tertiary/aromatic N) is 1. The molecule has 0 spiro atoms. The standard InChI is InChI=1S/C31H43FN4O6S/c1-18(2)13-27(28(37)14-19(3)29(38)34-25-11-12-25)35-31(40)23-15-22(16-26(17-23)36(5)43(6,41)42)30(39)33-20(4)21-7-9-24(32)10-8-21/h7-10,15-20,25,27-28,37H,11-14H2,1-6H3,(H,33,39)(H,34,38)(H,35,40)/t19-,20-,27+,28+/m1/s1. The van der Waals surface area contributed by atoms with Crippen molar-refractivity contribution >= 4 is 33.4 Å². The molecule has 1 aliphatic carbocycles. The van der Waals surface area contributed by atoms with E-state index >= 15 is 0 Å². The van der Waals surface area contributed by atoms with Gasteiger partial charge in [0.2, 0.25) is 15.9 Å². The molecule has 1 saturated carbocycles. The van der Waals surface area contributed by atoms with Gasteiger partial charge in [-0.2, -0.15) is 0 Å². The van der Waals surface area contributed by atoms with E-state index in [0.717, 1.165) is 23.4 Å². The van der Waals surface area contributed by atoms with Crippen molar-refractivity contribution in [2.24, 2.45) is 11.8 Å². The van der Waals surface area contributed by atoms with E-state index in [1.807, 2.05) is 13.8 Å². The van der Waals surface area contributed by atoms with Crippen molar-refractivity contribution in [3.05, 3.63) is 65.0 Å². The summed E-state index contributed by atoms with van der Waals surface area (Å²) >= 11 is 0. The molecule has 43 heavy (non-hydrogen) atoms. The van der Waals surface area contributed by atoms with Gasteiger partial charge < -0.3 is 21.1 Å². The van der Waals surface area contributed by atoms with Crippen LogP contribution in [0.2, 0.25) is 0 Å². The van der Waals surface area contributed by atoms with Crippen molar-refractivity contribution in [3.8, 4) is 0 Å². The summed E-state index contributed by atoms with van der Waals surface area (Å²) < 4.78 is 39.0. The van der Waals surface area contributed by atoms with Crippen LogP contribution in [0.15, 0.2) is 42.5 Å². The lowest BCUT2D eigenvalue weighted by Gasteiger charge is -2.28. The van der Waals surface area contributed by atoms with Crippen LogP contribution in [-0.4, -0.2) is 62.7 Å². The molecule has 0 aromatic heterocycles. The average molecular weight is 619 g/mol. The zero-order valence-corrected chi connectivity index (χ0v) is 26.4. The van der Waals surface area contributed by atoms with Gasteiger partial charge in [0.05, 0.1) is 30.1 Å². The van der Waals surface area contributed by atoms with Gasteiger partial charge in [-0.05, 0) is 74.4 Å². The lowest BCUT2D eigenvalue weighted by molar-refractivity contribution is -0.125. The molecule has 2 aromatic rings. The fraction of sp³-hybridized carbons (Fsp3) is 0.516. The number of rotatable bonds is 14. The Morgan fingerprint density at radius 3 is 2.02 bits per heavy atom. The van der Waals surface area contributed by atoms with Crippen molar-refractivity contribution in [2.45, 2.75) is 77.6 Å². The summed E-state index contributed by atoms with van der Waals surface area (Å²) in [5.41, 5.74) is 0.815. The zero-order valence-electron chi connectivity index (χ0n) is 25.6. The Hall–Kier alpha value is -3.51. The minimum atomic E-state index is -3.73. The Bertz CT molecular complexity index is 1410. The second-order valence-electron chi connectivity index (χ2n) is 11.9. The Morgan fingerprint density at radius 1 is 0.953 bits per heavy atom. The van der Waals surface area contributed by atoms with Crippen LogP contribution in [-0.2, 0) is 14.8 Å². The van der Waals surface area contributed by atoms with Gasteiger partial charge in [0.15, 0.2) is 0 Å². The van der Waals surface area contributed by atoms with Crippen LogP contribution in [0.3, 0.4) is 0 Å². The summed E-state index contributed by atoms with van der Waals surface area (Å²) in [5.74, 6) is -2.09. The zero-order chi connectivity index (χ0) is 32.1. The summed E-state index contributed by atoms with van der Waals surface area (Å²) in [5, 5.41) is 19.6. The first-order valence-electron chi connectivity index (χ1n) is 14.5. The van der Waals surface area contributed by atoms with E-state index in [-0.39, 0.29) is 41.1 Å². The molecule has 0 bridgehead atoms. The predicted octanol–water partition coefficient (Wildman–Crippen LogP) is 3.52. The molecule has 3 rings (SSSR count). The van der Waals surface area contributed by atoms with Gasteiger partial charge in [0.1, 0.15) is 5.82 Å². The maximum Gasteiger partial charge on any atom is 0.251 e. The number of aliphatic hydroxyl groups excluding tert-OH is 1. The summed E-state index contributed by atoms with van der Waals surface area (Å²) in [6, 6.07) is 8.73. The van der Waals surface area contributed by atoms with Gasteiger partial charge in [-0.1, -0.05) is 32.9 Å². The highest BCUT2D eigenvalue weighted by Gasteiger charge is 2.30. The smallest absolute Gasteiger partial charge is 0.251 e. The molecule has 0 unspecified atom stereocenters. The number of halogens is 1. The number of anilines is 1. The molecule has 12 heteroatoms. The van der Waals surface area contributed by atoms with Crippen molar-refractivity contribution < 1.29 is 32.3 Å². The van der Waals surface area contributed by atoms with Gasteiger partial charge in [-0.25, -0.2) is 12.8 Å². The third-order valence-corrected chi connectivity index (χ3v) is 8.70. The highest BCUT2D eigenvalue weighted by molar-refractivity contribution is 7.92. The molecule has 0 radical (unpaired) electrons. The number of benzene rings is 2. The molecule has 0 aliphatic heterocycles. The van der Waals surface area contributed by atoms with Gasteiger partial charge in [-0.3, -0.25) is 18.7 Å². The monoisotopic (exact) mass is 618 g/mol. The Kier molecular flexibility index (Phi) is 11.3. The molecule has 0 heterocycles. The van der Waals surface area contributed by atoms with Crippen LogP contribution in [0.4, 0.5) is 10.1 Å². The van der Waals surface area contributed by atoms with Crippen molar-refractivity contribution in [1.82, 2.24) is 16.0 Å². The summed E-state index contributed by atoms with van der Waals surface area (Å²) in [6.45, 7) is 7.34. The van der Waals surface area contributed by atoms with Crippen molar-refractivity contribution in [3.63, 3.8) is 0 Å². The minimum absolute atomic E-state index is 0.0214. The number of sulfonamides is 1. The van der Waals surface area contributed by atoms with Crippen LogP contribution in [0, 0.1) is 17.7 Å². The fourth-order valence-corrected chi connectivity index (χ4v) is 5.13. The topological polar surface area (TPSA) is 145 Å². The summed E-state index contributed by atoms with van der Waals surface area (Å²) in [7, 11) is -2.42. The molecular weight excluding hydrogens is 575 g/mol. The normalized spacial score (nSPS) is 16.1. The largest absolute Gasteiger partial charge is 0.391 e. The van der Waals surface area contributed by atoms with Crippen LogP contribution < -0.4 is 20.3 Å². The second kappa shape index (κ2) is 14.3. The van der Waals surface area contributed by atoms with Crippen molar-refractivity contribution in [1.29, 1.82) is 0 Å². The maximum absolute atomic E-state index is 13.6. The van der Waals surface area contributed by atoms with Crippen LogP contribution in [0.1, 0.15) is 85.7 Å². The first kappa shape index (κ1) is 34.0.